The molecule has 0 aromatic heterocycles. The Hall–Kier alpha value is -1.75. The van der Waals surface area contributed by atoms with Gasteiger partial charge >= 0.3 is 0 Å². The quantitative estimate of drug-likeness (QED) is 0.919. The highest BCUT2D eigenvalue weighted by Crippen LogP contribution is 2.30. The summed E-state index contributed by atoms with van der Waals surface area (Å²) >= 11 is 0. The van der Waals surface area contributed by atoms with E-state index in [0.29, 0.717) is 24.2 Å². The van der Waals surface area contributed by atoms with Gasteiger partial charge in [0, 0.05) is 0 Å². The third-order valence-electron chi connectivity index (χ3n) is 3.51. The van der Waals surface area contributed by atoms with Gasteiger partial charge in [0.15, 0.2) is 0 Å². The SMILES string of the molecule is Cc1cc(F)ccc1N1N=C(C(C)C)C(CCN)C1=O. The van der Waals surface area contributed by atoms with Crippen molar-refractivity contribution in [2.75, 3.05) is 11.6 Å². The van der Waals surface area contributed by atoms with Gasteiger partial charge in [-0.15, -0.1) is 0 Å². The molecule has 4 nitrogen and oxygen atoms in total. The Kier molecular flexibility index (Phi) is 4.18. The number of rotatable bonds is 4. The summed E-state index contributed by atoms with van der Waals surface area (Å²) in [6, 6.07) is 4.34. The first-order chi connectivity index (χ1) is 9.45. The molecule has 0 saturated heterocycles. The molecule has 108 valence electrons. The standard InChI is InChI=1S/C15H20FN3O/c1-9(2)14-12(6-7-17)15(20)19(18-14)13-5-4-11(16)8-10(13)3/h4-5,8-9,12H,6-7,17H2,1-3H3. The molecule has 2 rings (SSSR count). The fraction of sp³-hybridized carbons (Fsp3) is 0.467. The average molecular weight is 277 g/mol. The van der Waals surface area contributed by atoms with Crippen LogP contribution >= 0.6 is 0 Å². The molecule has 1 aliphatic heterocycles. The largest absolute Gasteiger partial charge is 0.330 e. The number of benzene rings is 1. The van der Waals surface area contributed by atoms with Crippen molar-refractivity contribution in [3.63, 3.8) is 0 Å². The molecule has 1 aromatic rings. The van der Waals surface area contributed by atoms with E-state index in [1.807, 2.05) is 13.8 Å². The minimum atomic E-state index is -0.315. The number of carbonyl (C=O) groups excluding carboxylic acids is 1. The molecule has 1 unspecified atom stereocenters. The molecule has 1 amide bonds. The number of carbonyl (C=O) groups is 1. The molecule has 0 bridgehead atoms. The number of halogens is 1. The van der Waals surface area contributed by atoms with Crippen LogP contribution in [0, 0.1) is 24.6 Å². The van der Waals surface area contributed by atoms with Crippen molar-refractivity contribution in [1.82, 2.24) is 0 Å². The molecule has 1 heterocycles. The Morgan fingerprint density at radius 2 is 2.15 bits per heavy atom. The number of hydrogen-bond donors (Lipinski definition) is 1. The molecule has 1 aromatic carbocycles. The molecule has 5 heteroatoms. The lowest BCUT2D eigenvalue weighted by Crippen LogP contribution is -2.30. The lowest BCUT2D eigenvalue weighted by Gasteiger charge is -2.16. The van der Waals surface area contributed by atoms with Crippen molar-refractivity contribution in [2.45, 2.75) is 27.2 Å². The van der Waals surface area contributed by atoms with Crippen molar-refractivity contribution in [3.05, 3.63) is 29.6 Å². The van der Waals surface area contributed by atoms with E-state index in [9.17, 15) is 9.18 Å². The first kappa shape index (κ1) is 14.7. The molecule has 0 saturated carbocycles. The van der Waals surface area contributed by atoms with Crippen molar-refractivity contribution in [1.29, 1.82) is 0 Å². The van der Waals surface area contributed by atoms with Crippen LogP contribution in [0.3, 0.4) is 0 Å². The average Bonchev–Trinajstić information content (AvgIpc) is 2.68. The highest BCUT2D eigenvalue weighted by Gasteiger charge is 2.37. The van der Waals surface area contributed by atoms with Gasteiger partial charge in [0.2, 0.25) is 0 Å². The van der Waals surface area contributed by atoms with Crippen LogP contribution in [-0.4, -0.2) is 18.2 Å². The third kappa shape index (κ3) is 2.58. The maximum absolute atomic E-state index is 13.2. The molecule has 1 aliphatic rings. The zero-order valence-corrected chi connectivity index (χ0v) is 12.1. The first-order valence-electron chi connectivity index (χ1n) is 6.84. The number of nitrogens with zero attached hydrogens (tertiary/aromatic N) is 2. The van der Waals surface area contributed by atoms with Crippen molar-refractivity contribution < 1.29 is 9.18 Å². The van der Waals surface area contributed by atoms with E-state index in [2.05, 4.69) is 5.10 Å². The lowest BCUT2D eigenvalue weighted by atomic mass is 9.92. The van der Waals surface area contributed by atoms with E-state index >= 15 is 0 Å². The maximum Gasteiger partial charge on any atom is 0.256 e. The second-order valence-corrected chi connectivity index (χ2v) is 5.39. The van der Waals surface area contributed by atoms with Gasteiger partial charge in [-0.3, -0.25) is 4.79 Å². The van der Waals surface area contributed by atoms with Gasteiger partial charge in [-0.1, -0.05) is 13.8 Å². The zero-order chi connectivity index (χ0) is 14.9. The zero-order valence-electron chi connectivity index (χ0n) is 12.1. The predicted molar refractivity (Wildman–Crippen MR) is 78.1 cm³/mol. The van der Waals surface area contributed by atoms with Crippen LogP contribution in [0.1, 0.15) is 25.8 Å². The van der Waals surface area contributed by atoms with Crippen molar-refractivity contribution in [2.24, 2.45) is 22.7 Å². The highest BCUT2D eigenvalue weighted by atomic mass is 19.1. The fourth-order valence-electron chi connectivity index (χ4n) is 2.49. The van der Waals surface area contributed by atoms with Gasteiger partial charge in [0.1, 0.15) is 5.82 Å². The van der Waals surface area contributed by atoms with Crippen molar-refractivity contribution in [3.8, 4) is 0 Å². The minimum Gasteiger partial charge on any atom is -0.330 e. The van der Waals surface area contributed by atoms with Crippen LogP contribution in [0.2, 0.25) is 0 Å². The van der Waals surface area contributed by atoms with Crippen LogP contribution in [0.5, 0.6) is 0 Å². The minimum absolute atomic E-state index is 0.0751. The van der Waals surface area contributed by atoms with Crippen LogP contribution in [0.4, 0.5) is 10.1 Å². The topological polar surface area (TPSA) is 58.7 Å². The van der Waals surface area contributed by atoms with Gasteiger partial charge in [-0.25, -0.2) is 4.39 Å². The molecule has 1 atom stereocenters. The second kappa shape index (κ2) is 5.71. The normalized spacial score (nSPS) is 18.9. The summed E-state index contributed by atoms with van der Waals surface area (Å²) < 4.78 is 13.2. The Bertz CT molecular complexity index is 554. The summed E-state index contributed by atoms with van der Waals surface area (Å²) in [5, 5.41) is 5.85. The predicted octanol–water partition coefficient (Wildman–Crippen LogP) is 2.46. The van der Waals surface area contributed by atoms with Crippen LogP contribution in [-0.2, 0) is 4.79 Å². The first-order valence-corrected chi connectivity index (χ1v) is 6.84. The molecular weight excluding hydrogens is 257 g/mol. The van der Waals surface area contributed by atoms with Gasteiger partial charge in [-0.2, -0.15) is 10.1 Å². The number of amides is 1. The number of hydrazone groups is 1. The molecule has 0 fully saturated rings. The molecule has 0 spiro atoms. The van der Waals surface area contributed by atoms with Gasteiger partial charge in [0.25, 0.3) is 5.91 Å². The number of aryl methyl sites for hydroxylation is 1. The highest BCUT2D eigenvalue weighted by molar-refractivity contribution is 6.16. The summed E-state index contributed by atoms with van der Waals surface area (Å²) in [5.74, 6) is -0.468. The summed E-state index contributed by atoms with van der Waals surface area (Å²) in [6.07, 6.45) is 0.590. The molecule has 2 N–H and O–H groups in total. The smallest absolute Gasteiger partial charge is 0.256 e. The van der Waals surface area contributed by atoms with E-state index in [1.54, 1.807) is 13.0 Å². The molecule has 20 heavy (non-hydrogen) atoms. The van der Waals surface area contributed by atoms with Crippen LogP contribution < -0.4 is 10.7 Å². The van der Waals surface area contributed by atoms with Gasteiger partial charge in [0.05, 0.1) is 17.3 Å². The van der Waals surface area contributed by atoms with Crippen molar-refractivity contribution >= 4 is 17.3 Å². The Labute approximate surface area is 118 Å². The maximum atomic E-state index is 13.2. The van der Waals surface area contributed by atoms with E-state index in [1.165, 1.54) is 17.1 Å². The third-order valence-corrected chi connectivity index (χ3v) is 3.51. The second-order valence-electron chi connectivity index (χ2n) is 5.39. The summed E-state index contributed by atoms with van der Waals surface area (Å²) in [7, 11) is 0. The monoisotopic (exact) mass is 277 g/mol. The van der Waals surface area contributed by atoms with Crippen LogP contribution in [0.15, 0.2) is 23.3 Å². The Balaban J connectivity index is 2.40. The fourth-order valence-corrected chi connectivity index (χ4v) is 2.49. The van der Waals surface area contributed by atoms with E-state index < -0.39 is 0 Å². The summed E-state index contributed by atoms with van der Waals surface area (Å²) in [4.78, 5) is 12.5. The van der Waals surface area contributed by atoms with Crippen LogP contribution in [0.25, 0.3) is 0 Å². The molecule has 0 radical (unpaired) electrons. The van der Waals surface area contributed by atoms with E-state index in [0.717, 1.165) is 5.71 Å². The van der Waals surface area contributed by atoms with Gasteiger partial charge < -0.3 is 5.73 Å². The number of hydrogen-bond acceptors (Lipinski definition) is 3. The molecular formula is C15H20FN3O. The summed E-state index contributed by atoms with van der Waals surface area (Å²) in [6.45, 7) is 6.23. The van der Waals surface area contributed by atoms with E-state index in [4.69, 9.17) is 5.73 Å². The summed E-state index contributed by atoms with van der Waals surface area (Å²) in [5.41, 5.74) is 7.77. The molecule has 0 aliphatic carbocycles. The Morgan fingerprint density at radius 1 is 1.45 bits per heavy atom. The van der Waals surface area contributed by atoms with E-state index in [-0.39, 0.29) is 23.6 Å². The Morgan fingerprint density at radius 3 is 2.70 bits per heavy atom. The van der Waals surface area contributed by atoms with Gasteiger partial charge in [-0.05, 0) is 49.6 Å². The lowest BCUT2D eigenvalue weighted by molar-refractivity contribution is -0.119. The number of anilines is 1. The number of nitrogens with two attached hydrogens (primary N) is 1.